The molecule has 0 amide bonds. The van der Waals surface area contributed by atoms with Crippen LogP contribution in [0, 0.1) is 9.39 Å². The van der Waals surface area contributed by atoms with Crippen LogP contribution in [0.4, 0.5) is 10.1 Å². The van der Waals surface area contributed by atoms with E-state index in [1.54, 1.807) is 12.3 Å². The summed E-state index contributed by atoms with van der Waals surface area (Å²) in [6.45, 7) is 2.05. The van der Waals surface area contributed by atoms with E-state index in [1.165, 1.54) is 6.07 Å². The molecular formula is C13H13FINO. The summed E-state index contributed by atoms with van der Waals surface area (Å²) in [5, 5.41) is 3.28. The number of hydrogen-bond acceptors (Lipinski definition) is 2. The Morgan fingerprint density at radius 2 is 2.18 bits per heavy atom. The maximum Gasteiger partial charge on any atom is 0.138 e. The van der Waals surface area contributed by atoms with E-state index in [-0.39, 0.29) is 11.9 Å². The van der Waals surface area contributed by atoms with Crippen molar-refractivity contribution < 1.29 is 8.81 Å². The Morgan fingerprint density at radius 3 is 2.88 bits per heavy atom. The summed E-state index contributed by atoms with van der Waals surface area (Å²) in [6.07, 6.45) is 2.44. The molecule has 0 saturated carbocycles. The van der Waals surface area contributed by atoms with Gasteiger partial charge >= 0.3 is 0 Å². The fourth-order valence-corrected chi connectivity index (χ4v) is 2.18. The Balaban J connectivity index is 2.03. The van der Waals surface area contributed by atoms with E-state index < -0.39 is 0 Å². The van der Waals surface area contributed by atoms with Crippen molar-refractivity contribution in [2.45, 2.75) is 19.4 Å². The molecule has 1 atom stereocenters. The summed E-state index contributed by atoms with van der Waals surface area (Å²) in [4.78, 5) is 0. The minimum absolute atomic E-state index is 0.191. The second-order valence-corrected chi connectivity index (χ2v) is 5.01. The first-order valence-electron chi connectivity index (χ1n) is 5.39. The van der Waals surface area contributed by atoms with Crippen molar-refractivity contribution in [1.29, 1.82) is 0 Å². The van der Waals surface area contributed by atoms with E-state index in [0.29, 0.717) is 3.57 Å². The highest BCUT2D eigenvalue weighted by Crippen LogP contribution is 2.22. The normalized spacial score (nSPS) is 12.4. The predicted molar refractivity (Wildman–Crippen MR) is 74.6 cm³/mol. The van der Waals surface area contributed by atoms with Gasteiger partial charge in [-0.05, 0) is 53.8 Å². The summed E-state index contributed by atoms with van der Waals surface area (Å²) < 4.78 is 19.2. The lowest BCUT2D eigenvalue weighted by Gasteiger charge is -2.15. The van der Waals surface area contributed by atoms with Gasteiger partial charge < -0.3 is 9.73 Å². The highest BCUT2D eigenvalue weighted by Gasteiger charge is 2.09. The van der Waals surface area contributed by atoms with Gasteiger partial charge in [0.1, 0.15) is 11.6 Å². The minimum atomic E-state index is -0.194. The molecule has 2 nitrogen and oxygen atoms in total. The molecule has 0 aliphatic rings. The summed E-state index contributed by atoms with van der Waals surface area (Å²) in [7, 11) is 0. The van der Waals surface area contributed by atoms with Gasteiger partial charge in [0.25, 0.3) is 0 Å². The second kappa shape index (κ2) is 5.53. The van der Waals surface area contributed by atoms with E-state index in [4.69, 9.17) is 4.42 Å². The Labute approximate surface area is 113 Å². The van der Waals surface area contributed by atoms with Crippen LogP contribution in [0.25, 0.3) is 0 Å². The SMILES string of the molecule is CC(Cc1ccco1)Nc1cccc(F)c1I. The van der Waals surface area contributed by atoms with Crippen LogP contribution in [-0.4, -0.2) is 6.04 Å². The Morgan fingerprint density at radius 1 is 1.35 bits per heavy atom. The van der Waals surface area contributed by atoms with Crippen molar-refractivity contribution in [3.05, 3.63) is 51.7 Å². The van der Waals surface area contributed by atoms with Crippen LogP contribution in [0.5, 0.6) is 0 Å². The molecule has 0 fully saturated rings. The summed E-state index contributed by atoms with van der Waals surface area (Å²) in [6, 6.07) is 9.05. The molecule has 17 heavy (non-hydrogen) atoms. The molecule has 1 heterocycles. The first-order chi connectivity index (χ1) is 8.16. The van der Waals surface area contributed by atoms with Crippen LogP contribution in [0.15, 0.2) is 41.0 Å². The smallest absolute Gasteiger partial charge is 0.138 e. The number of hydrogen-bond donors (Lipinski definition) is 1. The minimum Gasteiger partial charge on any atom is -0.469 e. The van der Waals surface area contributed by atoms with Gasteiger partial charge in [0, 0.05) is 12.5 Å². The molecule has 0 spiro atoms. The Hall–Kier alpha value is -1.04. The highest BCUT2D eigenvalue weighted by atomic mass is 127. The van der Waals surface area contributed by atoms with E-state index in [0.717, 1.165) is 17.9 Å². The van der Waals surface area contributed by atoms with Crippen LogP contribution >= 0.6 is 22.6 Å². The van der Waals surface area contributed by atoms with Gasteiger partial charge in [-0.3, -0.25) is 0 Å². The van der Waals surface area contributed by atoms with Crippen molar-refractivity contribution in [3.8, 4) is 0 Å². The highest BCUT2D eigenvalue weighted by molar-refractivity contribution is 14.1. The number of anilines is 1. The number of furan rings is 1. The molecule has 4 heteroatoms. The zero-order valence-corrected chi connectivity index (χ0v) is 11.6. The number of rotatable bonds is 4. The van der Waals surface area contributed by atoms with Crippen molar-refractivity contribution in [3.63, 3.8) is 0 Å². The van der Waals surface area contributed by atoms with E-state index in [1.807, 2.05) is 47.7 Å². The predicted octanol–water partition coefficient (Wildman–Crippen LogP) is 4.07. The van der Waals surface area contributed by atoms with Gasteiger partial charge in [-0.15, -0.1) is 0 Å². The van der Waals surface area contributed by atoms with E-state index in [9.17, 15) is 4.39 Å². The molecule has 0 radical (unpaired) electrons. The second-order valence-electron chi connectivity index (χ2n) is 3.93. The molecule has 0 aliphatic carbocycles. The lowest BCUT2D eigenvalue weighted by atomic mass is 10.2. The topological polar surface area (TPSA) is 25.2 Å². The lowest BCUT2D eigenvalue weighted by Crippen LogP contribution is -2.18. The molecule has 2 rings (SSSR count). The van der Waals surface area contributed by atoms with Gasteiger partial charge in [-0.25, -0.2) is 4.39 Å². The van der Waals surface area contributed by atoms with Gasteiger partial charge in [0.05, 0.1) is 15.5 Å². The third-order valence-electron chi connectivity index (χ3n) is 2.44. The molecule has 0 saturated heterocycles. The quantitative estimate of drug-likeness (QED) is 0.846. The Kier molecular flexibility index (Phi) is 4.04. The van der Waals surface area contributed by atoms with Crippen LogP contribution in [-0.2, 0) is 6.42 Å². The zero-order valence-electron chi connectivity index (χ0n) is 9.41. The maximum atomic E-state index is 13.3. The fraction of sp³-hybridized carbons (Fsp3) is 0.231. The van der Waals surface area contributed by atoms with Crippen LogP contribution in [0.2, 0.25) is 0 Å². The molecule has 90 valence electrons. The lowest BCUT2D eigenvalue weighted by molar-refractivity contribution is 0.497. The first-order valence-corrected chi connectivity index (χ1v) is 6.47. The van der Waals surface area contributed by atoms with E-state index >= 15 is 0 Å². The molecular weight excluding hydrogens is 332 g/mol. The van der Waals surface area contributed by atoms with Crippen LogP contribution in [0.3, 0.4) is 0 Å². The number of nitrogens with one attached hydrogen (secondary N) is 1. The number of benzene rings is 1. The molecule has 1 unspecified atom stereocenters. The maximum absolute atomic E-state index is 13.3. The largest absolute Gasteiger partial charge is 0.469 e. The number of halogens is 2. The van der Waals surface area contributed by atoms with Gasteiger partial charge in [-0.2, -0.15) is 0 Å². The van der Waals surface area contributed by atoms with Crippen molar-refractivity contribution in [1.82, 2.24) is 0 Å². The fourth-order valence-electron chi connectivity index (χ4n) is 1.66. The summed E-state index contributed by atoms with van der Waals surface area (Å²) >= 11 is 2.01. The Bertz CT molecular complexity index is 484. The zero-order chi connectivity index (χ0) is 12.3. The molecule has 1 N–H and O–H groups in total. The van der Waals surface area contributed by atoms with Crippen molar-refractivity contribution >= 4 is 28.3 Å². The van der Waals surface area contributed by atoms with Gasteiger partial charge in [-0.1, -0.05) is 6.07 Å². The standard InChI is InChI=1S/C13H13FINO/c1-9(8-10-4-3-7-17-10)16-12-6-2-5-11(14)13(12)15/h2-7,9,16H,8H2,1H3. The molecule has 0 aliphatic heterocycles. The third kappa shape index (κ3) is 3.21. The monoisotopic (exact) mass is 345 g/mol. The molecule has 1 aromatic heterocycles. The summed E-state index contributed by atoms with van der Waals surface area (Å²) in [5.41, 5.74) is 0.824. The van der Waals surface area contributed by atoms with E-state index in [2.05, 4.69) is 5.32 Å². The molecule has 1 aromatic carbocycles. The third-order valence-corrected chi connectivity index (χ3v) is 3.54. The average Bonchev–Trinajstić information content (AvgIpc) is 2.77. The summed E-state index contributed by atoms with van der Waals surface area (Å²) in [5.74, 6) is 0.734. The van der Waals surface area contributed by atoms with Crippen LogP contribution < -0.4 is 5.32 Å². The van der Waals surface area contributed by atoms with Crippen molar-refractivity contribution in [2.24, 2.45) is 0 Å². The van der Waals surface area contributed by atoms with Crippen LogP contribution in [0.1, 0.15) is 12.7 Å². The average molecular weight is 345 g/mol. The first kappa shape index (κ1) is 12.4. The molecule has 2 aromatic rings. The van der Waals surface area contributed by atoms with Gasteiger partial charge in [0.2, 0.25) is 0 Å². The molecule has 0 bridgehead atoms. The van der Waals surface area contributed by atoms with Gasteiger partial charge in [0.15, 0.2) is 0 Å². The van der Waals surface area contributed by atoms with Crippen molar-refractivity contribution in [2.75, 3.05) is 5.32 Å².